The molecule has 0 bridgehead atoms. The summed E-state index contributed by atoms with van der Waals surface area (Å²) in [4.78, 5) is 41.7. The molecule has 1 aliphatic rings. The normalized spacial score (nSPS) is 18.1. The number of carbonyl (C=O) groups is 3. The minimum Gasteiger partial charge on any atom is -0.444 e. The molecule has 9 nitrogen and oxygen atoms in total. The van der Waals surface area contributed by atoms with E-state index in [1.54, 1.807) is 59.7 Å². The fourth-order valence-electron chi connectivity index (χ4n) is 3.65. The zero-order valence-electron chi connectivity index (χ0n) is 21.8. The Hall–Kier alpha value is -2.36. The fraction of sp³-hybridized carbons (Fsp3) is 0.640. The summed E-state index contributed by atoms with van der Waals surface area (Å²) in [5.74, 6) is -0.771. The molecule has 3 amide bonds. The summed E-state index contributed by atoms with van der Waals surface area (Å²) in [6.07, 6.45) is -1.75. The van der Waals surface area contributed by atoms with Gasteiger partial charge in [-0.1, -0.05) is 38.4 Å². The molecule has 0 unspecified atom stereocenters. The fourth-order valence-corrected chi connectivity index (χ4v) is 3.84. The van der Waals surface area contributed by atoms with Crippen molar-refractivity contribution in [2.75, 3.05) is 26.7 Å². The van der Waals surface area contributed by atoms with Crippen LogP contribution in [0, 0.1) is 5.41 Å². The zero-order valence-corrected chi connectivity index (χ0v) is 22.5. The van der Waals surface area contributed by atoms with Crippen molar-refractivity contribution in [2.45, 2.75) is 72.4 Å². The number of amides is 3. The monoisotopic (exact) mass is 510 g/mol. The zero-order chi connectivity index (χ0) is 26.6. The van der Waals surface area contributed by atoms with E-state index < -0.39 is 35.2 Å². The molecule has 1 heterocycles. The van der Waals surface area contributed by atoms with Crippen LogP contribution in [0.2, 0.25) is 5.02 Å². The third-order valence-corrected chi connectivity index (χ3v) is 5.90. The van der Waals surface area contributed by atoms with Gasteiger partial charge in [-0.2, -0.15) is 0 Å². The summed E-state index contributed by atoms with van der Waals surface area (Å²) in [7, 11) is 1.89. The van der Waals surface area contributed by atoms with Gasteiger partial charge in [0.15, 0.2) is 0 Å². The lowest BCUT2D eigenvalue weighted by Crippen LogP contribution is -2.62. The van der Waals surface area contributed by atoms with Crippen LogP contribution in [0.5, 0.6) is 0 Å². The average molecular weight is 511 g/mol. The number of alkyl carbamates (subject to hydrolysis) is 1. The largest absolute Gasteiger partial charge is 0.444 e. The number of hydrogen-bond acceptors (Lipinski definition) is 6. The molecule has 1 saturated heterocycles. The second-order valence-electron chi connectivity index (χ2n) is 11.1. The Morgan fingerprint density at radius 1 is 1.09 bits per heavy atom. The van der Waals surface area contributed by atoms with Gasteiger partial charge in [-0.3, -0.25) is 9.59 Å². The van der Waals surface area contributed by atoms with Gasteiger partial charge in [0.1, 0.15) is 17.7 Å². The van der Waals surface area contributed by atoms with E-state index in [1.165, 1.54) is 4.90 Å². The maximum absolute atomic E-state index is 13.2. The highest BCUT2D eigenvalue weighted by Gasteiger charge is 2.40. The molecule has 0 aromatic heterocycles. The number of likely N-dealkylation sites (N-methyl/N-ethyl adjacent to an activating group) is 1. The number of hydrogen-bond donors (Lipinski definition) is 3. The maximum Gasteiger partial charge on any atom is 0.407 e. The van der Waals surface area contributed by atoms with E-state index >= 15 is 0 Å². The van der Waals surface area contributed by atoms with E-state index in [4.69, 9.17) is 16.3 Å². The first-order valence-electron chi connectivity index (χ1n) is 11.8. The molecule has 0 aliphatic carbocycles. The highest BCUT2D eigenvalue weighted by molar-refractivity contribution is 6.30. The van der Waals surface area contributed by atoms with Crippen molar-refractivity contribution < 1.29 is 24.2 Å². The summed E-state index contributed by atoms with van der Waals surface area (Å²) < 4.78 is 5.28. The predicted molar refractivity (Wildman–Crippen MR) is 135 cm³/mol. The minimum absolute atomic E-state index is 0.162. The number of piperazine rings is 1. The Kier molecular flexibility index (Phi) is 9.56. The quantitative estimate of drug-likeness (QED) is 0.542. The van der Waals surface area contributed by atoms with Crippen molar-refractivity contribution in [3.05, 3.63) is 34.3 Å². The lowest BCUT2D eigenvalue weighted by atomic mass is 9.88. The van der Waals surface area contributed by atoms with Crippen LogP contribution >= 0.6 is 11.6 Å². The van der Waals surface area contributed by atoms with Crippen molar-refractivity contribution in [3.63, 3.8) is 0 Å². The number of ether oxygens (including phenoxy) is 1. The summed E-state index contributed by atoms with van der Waals surface area (Å²) in [6, 6.07) is 4.49. The number of benzene rings is 1. The van der Waals surface area contributed by atoms with Crippen LogP contribution in [0.3, 0.4) is 0 Å². The van der Waals surface area contributed by atoms with Gasteiger partial charge in [0.25, 0.3) is 5.91 Å². The lowest BCUT2D eigenvalue weighted by Gasteiger charge is -2.41. The van der Waals surface area contributed by atoms with Crippen LogP contribution in [0.4, 0.5) is 4.79 Å². The molecule has 3 N–H and O–H groups in total. The van der Waals surface area contributed by atoms with E-state index in [1.807, 2.05) is 11.9 Å². The van der Waals surface area contributed by atoms with Crippen molar-refractivity contribution in [2.24, 2.45) is 5.41 Å². The van der Waals surface area contributed by atoms with Gasteiger partial charge in [-0.25, -0.2) is 4.79 Å². The molecule has 2 atom stereocenters. The molecular weight excluding hydrogens is 472 g/mol. The Labute approximate surface area is 213 Å². The number of nitrogens with one attached hydrogen (secondary N) is 2. The molecule has 10 heteroatoms. The van der Waals surface area contributed by atoms with Crippen LogP contribution in [0.25, 0.3) is 0 Å². The van der Waals surface area contributed by atoms with Crippen molar-refractivity contribution in [1.29, 1.82) is 0 Å². The molecule has 0 spiro atoms. The standard InChI is InChI=1S/C25H39ClN4O5/c1-24(2,3)20(31)22(33)30-11-10-29(7)15-19(30)21(32)27-14-17-12-18(26)9-8-16(17)13-28-23(34)35-25(4,5)6/h8-9,12,19-20,31H,10-11,13-15H2,1-7H3,(H,27,32)(H,28,34)/t19-,20-/m0/s1. The first-order chi connectivity index (χ1) is 16.1. The molecule has 2 rings (SSSR count). The first-order valence-corrected chi connectivity index (χ1v) is 12.1. The Balaban J connectivity index is 2.11. The summed E-state index contributed by atoms with van der Waals surface area (Å²) in [5.41, 5.74) is 0.256. The molecule has 0 radical (unpaired) electrons. The van der Waals surface area contributed by atoms with E-state index in [0.29, 0.717) is 24.7 Å². The predicted octanol–water partition coefficient (Wildman–Crippen LogP) is 2.53. The average Bonchev–Trinajstić information content (AvgIpc) is 2.73. The Morgan fingerprint density at radius 2 is 1.71 bits per heavy atom. The third-order valence-electron chi connectivity index (χ3n) is 5.67. The molecular formula is C25H39ClN4O5. The number of halogens is 1. The Morgan fingerprint density at radius 3 is 2.31 bits per heavy atom. The van der Waals surface area contributed by atoms with E-state index in [0.717, 1.165) is 11.1 Å². The van der Waals surface area contributed by atoms with Crippen LogP contribution in [-0.2, 0) is 27.4 Å². The Bertz CT molecular complexity index is 925. The summed E-state index contributed by atoms with van der Waals surface area (Å²) in [6.45, 7) is 12.4. The van der Waals surface area contributed by atoms with Gasteiger partial charge in [0.05, 0.1) is 0 Å². The molecule has 1 aromatic rings. The first kappa shape index (κ1) is 28.9. The van der Waals surface area contributed by atoms with Gasteiger partial charge in [0.2, 0.25) is 5.91 Å². The maximum atomic E-state index is 13.2. The highest BCUT2D eigenvalue weighted by atomic mass is 35.5. The number of aliphatic hydroxyl groups excluding tert-OH is 1. The summed E-state index contributed by atoms with van der Waals surface area (Å²) in [5, 5.41) is 16.6. The van der Waals surface area contributed by atoms with Crippen molar-refractivity contribution >= 4 is 29.5 Å². The minimum atomic E-state index is -1.21. The summed E-state index contributed by atoms with van der Waals surface area (Å²) >= 11 is 6.18. The highest BCUT2D eigenvalue weighted by Crippen LogP contribution is 2.23. The van der Waals surface area contributed by atoms with Gasteiger partial charge in [0, 0.05) is 37.7 Å². The van der Waals surface area contributed by atoms with Gasteiger partial charge < -0.3 is 30.3 Å². The SMILES string of the molecule is CN1CCN(C(=O)[C@H](O)C(C)(C)C)[C@H](C(=O)NCc2cc(Cl)ccc2CNC(=O)OC(C)(C)C)C1. The molecule has 1 aromatic carbocycles. The number of aliphatic hydroxyl groups is 1. The van der Waals surface area contributed by atoms with Crippen molar-refractivity contribution in [1.82, 2.24) is 20.4 Å². The van der Waals surface area contributed by atoms with Gasteiger partial charge >= 0.3 is 6.09 Å². The molecule has 35 heavy (non-hydrogen) atoms. The molecule has 1 aliphatic heterocycles. The smallest absolute Gasteiger partial charge is 0.407 e. The van der Waals surface area contributed by atoms with Crippen LogP contribution in [0.1, 0.15) is 52.7 Å². The van der Waals surface area contributed by atoms with E-state index in [-0.39, 0.29) is 19.0 Å². The van der Waals surface area contributed by atoms with Crippen LogP contribution in [0.15, 0.2) is 18.2 Å². The second-order valence-corrected chi connectivity index (χ2v) is 11.5. The second kappa shape index (κ2) is 11.6. The van der Waals surface area contributed by atoms with Crippen molar-refractivity contribution in [3.8, 4) is 0 Å². The van der Waals surface area contributed by atoms with Crippen LogP contribution < -0.4 is 10.6 Å². The van der Waals surface area contributed by atoms with Gasteiger partial charge in [-0.05, 0) is 56.5 Å². The van der Waals surface area contributed by atoms with Gasteiger partial charge in [-0.15, -0.1) is 0 Å². The molecule has 1 fully saturated rings. The third kappa shape index (κ3) is 8.66. The number of carbonyl (C=O) groups excluding carboxylic acids is 3. The molecule has 0 saturated carbocycles. The van der Waals surface area contributed by atoms with Crippen LogP contribution in [-0.4, -0.2) is 77.2 Å². The number of nitrogens with zero attached hydrogens (tertiary/aromatic N) is 2. The van der Waals surface area contributed by atoms with E-state index in [2.05, 4.69) is 10.6 Å². The molecule has 196 valence electrons. The van der Waals surface area contributed by atoms with E-state index in [9.17, 15) is 19.5 Å². The lowest BCUT2D eigenvalue weighted by molar-refractivity contribution is -0.154. The topological polar surface area (TPSA) is 111 Å². The number of rotatable bonds is 6.